The zero-order valence-electron chi connectivity index (χ0n) is 14.8. The molecule has 0 fully saturated rings. The van der Waals surface area contributed by atoms with Crippen LogP contribution in [0.5, 0.6) is 0 Å². The molecule has 0 aliphatic heterocycles. The van der Waals surface area contributed by atoms with Gasteiger partial charge in [-0.1, -0.05) is 11.6 Å². The largest absolute Gasteiger partial charge is 0.355 e. The van der Waals surface area contributed by atoms with Crippen LogP contribution in [0.2, 0.25) is 5.15 Å². The summed E-state index contributed by atoms with van der Waals surface area (Å²) in [5, 5.41) is 14.6. The normalized spacial score (nSPS) is 13.8. The molecule has 2 aromatic heterocycles. The molecule has 3 aromatic rings. The summed E-state index contributed by atoms with van der Waals surface area (Å²) in [6.07, 6.45) is 1.71. The van der Waals surface area contributed by atoms with E-state index in [4.69, 9.17) is 16.7 Å². The number of nitrogens with one attached hydrogen (secondary N) is 1. The summed E-state index contributed by atoms with van der Waals surface area (Å²) in [5.74, 6) is 0. The lowest BCUT2D eigenvalue weighted by atomic mass is 10.2. The number of fused-ring (bicyclic) bond motifs is 1. The maximum Gasteiger partial charge on any atom is 0.162 e. The number of rotatable bonds is 5. The van der Waals surface area contributed by atoms with Crippen molar-refractivity contribution in [2.24, 2.45) is 9.50 Å². The summed E-state index contributed by atoms with van der Waals surface area (Å²) in [6, 6.07) is 8.78. The van der Waals surface area contributed by atoms with Gasteiger partial charge >= 0.3 is 0 Å². The molecular formula is C17H21ClN6OS. The van der Waals surface area contributed by atoms with Gasteiger partial charge in [0.15, 0.2) is 10.8 Å². The number of hydrogen-bond donors (Lipinski definition) is 2. The predicted molar refractivity (Wildman–Crippen MR) is 106 cm³/mol. The van der Waals surface area contributed by atoms with Crippen LogP contribution < -0.4 is 10.5 Å². The van der Waals surface area contributed by atoms with Crippen molar-refractivity contribution < 1.29 is 4.21 Å². The zero-order chi connectivity index (χ0) is 18.9. The van der Waals surface area contributed by atoms with E-state index in [1.807, 2.05) is 39.0 Å². The maximum atomic E-state index is 12.5. The first-order valence-corrected chi connectivity index (χ1v) is 10.2. The van der Waals surface area contributed by atoms with Gasteiger partial charge in [0.25, 0.3) is 0 Å². The first kappa shape index (κ1) is 18.6. The topological polar surface area (TPSA) is 98.2 Å². The Kier molecular flexibility index (Phi) is 5.17. The highest BCUT2D eigenvalue weighted by atomic mass is 35.5. The fourth-order valence-electron chi connectivity index (χ4n) is 2.64. The highest BCUT2D eigenvalue weighted by Gasteiger charge is 2.14. The molecule has 0 aliphatic rings. The lowest BCUT2D eigenvalue weighted by Gasteiger charge is -2.10. The van der Waals surface area contributed by atoms with Gasteiger partial charge in [0.1, 0.15) is 9.92 Å². The first-order valence-electron chi connectivity index (χ1n) is 8.24. The SMILES string of the molecule is CCn1nc(Cl)c2c(Nc3ccc(S(N)(=O)=NC(C)C)cc3)ccnc21. The van der Waals surface area contributed by atoms with Gasteiger partial charge in [0.2, 0.25) is 0 Å². The number of benzene rings is 1. The Morgan fingerprint density at radius 1 is 1.31 bits per heavy atom. The van der Waals surface area contributed by atoms with E-state index < -0.39 is 9.92 Å². The van der Waals surface area contributed by atoms with Crippen LogP contribution in [0.3, 0.4) is 0 Å². The monoisotopic (exact) mass is 392 g/mol. The molecule has 3 N–H and O–H groups in total. The number of aryl methyl sites for hydroxylation is 1. The van der Waals surface area contributed by atoms with E-state index in [1.54, 1.807) is 23.0 Å². The third-order valence-electron chi connectivity index (χ3n) is 3.73. The van der Waals surface area contributed by atoms with Crippen molar-refractivity contribution in [2.75, 3.05) is 5.32 Å². The molecule has 0 radical (unpaired) electrons. The van der Waals surface area contributed by atoms with Gasteiger partial charge in [-0.2, -0.15) is 5.10 Å². The summed E-state index contributed by atoms with van der Waals surface area (Å²) >= 11 is 6.28. The minimum absolute atomic E-state index is 0.104. The molecule has 9 heteroatoms. The standard InChI is InChI=1S/C17H21ClN6OS/c1-4-24-17-15(16(18)22-24)14(9-10-20-17)21-12-5-7-13(8-6-12)26(19,25)23-11(2)3/h5-11H,4H2,1-3H3,(H,20,21)(H2,19,23,25). The fourth-order valence-corrected chi connectivity index (χ4v) is 4.19. The van der Waals surface area contributed by atoms with Crippen molar-refractivity contribution in [1.29, 1.82) is 0 Å². The third kappa shape index (κ3) is 3.67. The van der Waals surface area contributed by atoms with Crippen molar-refractivity contribution in [3.05, 3.63) is 41.7 Å². The van der Waals surface area contributed by atoms with Crippen LogP contribution in [0, 0.1) is 0 Å². The Labute approximate surface area is 157 Å². The van der Waals surface area contributed by atoms with Crippen LogP contribution >= 0.6 is 11.6 Å². The van der Waals surface area contributed by atoms with Crippen LogP contribution in [-0.4, -0.2) is 25.0 Å². The molecule has 0 aliphatic carbocycles. The van der Waals surface area contributed by atoms with Crippen molar-refractivity contribution in [1.82, 2.24) is 14.8 Å². The second-order valence-corrected chi connectivity index (χ2v) is 8.26. The molecule has 3 rings (SSSR count). The lowest BCUT2D eigenvalue weighted by molar-refractivity contribution is 0.671. The first-order chi connectivity index (χ1) is 12.3. The van der Waals surface area contributed by atoms with Crippen molar-refractivity contribution in [2.45, 2.75) is 38.3 Å². The Bertz CT molecular complexity index is 1050. The van der Waals surface area contributed by atoms with Crippen LogP contribution in [0.25, 0.3) is 11.0 Å². The number of nitrogens with zero attached hydrogens (tertiary/aromatic N) is 4. The van der Waals surface area contributed by atoms with E-state index in [1.165, 1.54) is 0 Å². The molecule has 1 atom stereocenters. The van der Waals surface area contributed by atoms with Crippen LogP contribution in [-0.2, 0) is 16.5 Å². The van der Waals surface area contributed by atoms with E-state index in [0.717, 1.165) is 22.4 Å². The minimum atomic E-state index is -2.89. The van der Waals surface area contributed by atoms with Gasteiger partial charge < -0.3 is 5.32 Å². The molecule has 26 heavy (non-hydrogen) atoms. The Morgan fingerprint density at radius 3 is 2.62 bits per heavy atom. The molecule has 7 nitrogen and oxygen atoms in total. The Morgan fingerprint density at radius 2 is 2.00 bits per heavy atom. The number of hydrogen-bond acceptors (Lipinski definition) is 5. The van der Waals surface area contributed by atoms with Crippen molar-refractivity contribution in [3.8, 4) is 0 Å². The van der Waals surface area contributed by atoms with Crippen molar-refractivity contribution >= 4 is 43.9 Å². The van der Waals surface area contributed by atoms with Gasteiger partial charge in [-0.25, -0.2) is 23.4 Å². The molecule has 1 aromatic carbocycles. The van der Waals surface area contributed by atoms with Gasteiger partial charge in [-0.05, 0) is 51.1 Å². The van der Waals surface area contributed by atoms with Gasteiger partial charge in [0, 0.05) is 18.4 Å². The summed E-state index contributed by atoms with van der Waals surface area (Å²) in [6.45, 7) is 6.35. The molecule has 0 saturated heterocycles. The zero-order valence-corrected chi connectivity index (χ0v) is 16.4. The molecule has 1 unspecified atom stereocenters. The molecule has 0 spiro atoms. The highest BCUT2D eigenvalue weighted by Crippen LogP contribution is 2.31. The minimum Gasteiger partial charge on any atom is -0.355 e. The van der Waals surface area contributed by atoms with Gasteiger partial charge in [-0.3, -0.25) is 0 Å². The highest BCUT2D eigenvalue weighted by molar-refractivity contribution is 7.91. The molecule has 0 amide bonds. The predicted octanol–water partition coefficient (Wildman–Crippen LogP) is 3.96. The van der Waals surface area contributed by atoms with Crippen LogP contribution in [0.4, 0.5) is 11.4 Å². The quantitative estimate of drug-likeness (QED) is 0.686. The van der Waals surface area contributed by atoms with E-state index in [9.17, 15) is 4.21 Å². The van der Waals surface area contributed by atoms with Crippen molar-refractivity contribution in [3.63, 3.8) is 0 Å². The third-order valence-corrected chi connectivity index (χ3v) is 5.68. The van der Waals surface area contributed by atoms with Crippen LogP contribution in [0.15, 0.2) is 45.8 Å². The number of anilines is 2. The van der Waals surface area contributed by atoms with Crippen LogP contribution in [0.1, 0.15) is 20.8 Å². The second-order valence-electron chi connectivity index (χ2n) is 6.08. The lowest BCUT2D eigenvalue weighted by Crippen LogP contribution is -2.14. The number of pyridine rings is 1. The van der Waals surface area contributed by atoms with E-state index >= 15 is 0 Å². The molecule has 0 bridgehead atoms. The maximum absolute atomic E-state index is 12.5. The smallest absolute Gasteiger partial charge is 0.162 e. The van der Waals surface area contributed by atoms with E-state index in [2.05, 4.69) is 19.8 Å². The Hall–Kier alpha value is -2.16. The Balaban J connectivity index is 1.95. The summed E-state index contributed by atoms with van der Waals surface area (Å²) < 4.78 is 18.3. The van der Waals surface area contributed by atoms with E-state index in [0.29, 0.717) is 16.6 Å². The van der Waals surface area contributed by atoms with E-state index in [-0.39, 0.29) is 6.04 Å². The summed E-state index contributed by atoms with van der Waals surface area (Å²) in [4.78, 5) is 4.85. The fraction of sp³-hybridized carbons (Fsp3) is 0.294. The molecular weight excluding hydrogens is 372 g/mol. The average molecular weight is 393 g/mol. The van der Waals surface area contributed by atoms with Gasteiger partial charge in [-0.15, -0.1) is 0 Å². The molecule has 138 valence electrons. The summed E-state index contributed by atoms with van der Waals surface area (Å²) in [7, 11) is -2.89. The number of aromatic nitrogens is 3. The summed E-state index contributed by atoms with van der Waals surface area (Å²) in [5.41, 5.74) is 2.33. The second kappa shape index (κ2) is 7.22. The average Bonchev–Trinajstić information content (AvgIpc) is 2.91. The number of nitrogens with two attached hydrogens (primary N) is 1. The molecule has 0 saturated carbocycles. The number of halogens is 1. The van der Waals surface area contributed by atoms with Gasteiger partial charge in [0.05, 0.1) is 22.0 Å². The molecule has 2 heterocycles.